The lowest BCUT2D eigenvalue weighted by molar-refractivity contribution is 0.0618. The molecule has 0 radical (unpaired) electrons. The van der Waals surface area contributed by atoms with Crippen molar-refractivity contribution in [3.05, 3.63) is 0 Å². The highest BCUT2D eigenvalue weighted by Crippen LogP contribution is 2.03. The molecule has 0 aromatic rings. The van der Waals surface area contributed by atoms with Crippen LogP contribution in [0.2, 0.25) is 0 Å². The SMILES string of the molecule is CCCCCCCOC(C)CNC(C)C. The van der Waals surface area contributed by atoms with Gasteiger partial charge in [-0.05, 0) is 13.3 Å². The van der Waals surface area contributed by atoms with E-state index in [0.29, 0.717) is 12.1 Å². The quantitative estimate of drug-likeness (QED) is 0.564. The summed E-state index contributed by atoms with van der Waals surface area (Å²) in [5, 5.41) is 3.38. The van der Waals surface area contributed by atoms with E-state index in [-0.39, 0.29) is 0 Å². The van der Waals surface area contributed by atoms with Crippen molar-refractivity contribution >= 4 is 0 Å². The molecule has 0 aromatic heterocycles. The van der Waals surface area contributed by atoms with Gasteiger partial charge in [0.25, 0.3) is 0 Å². The van der Waals surface area contributed by atoms with Crippen molar-refractivity contribution in [2.24, 2.45) is 0 Å². The van der Waals surface area contributed by atoms with Gasteiger partial charge in [-0.15, -0.1) is 0 Å². The molecule has 0 spiro atoms. The highest BCUT2D eigenvalue weighted by atomic mass is 16.5. The van der Waals surface area contributed by atoms with Gasteiger partial charge < -0.3 is 10.1 Å². The van der Waals surface area contributed by atoms with Gasteiger partial charge in [0.1, 0.15) is 0 Å². The third-order valence-electron chi connectivity index (χ3n) is 2.46. The van der Waals surface area contributed by atoms with E-state index >= 15 is 0 Å². The molecular formula is C13H29NO. The standard InChI is InChI=1S/C13H29NO/c1-5-6-7-8-9-10-15-13(4)11-14-12(2)3/h12-14H,5-11H2,1-4H3. The largest absolute Gasteiger partial charge is 0.377 e. The first kappa shape index (κ1) is 14.9. The summed E-state index contributed by atoms with van der Waals surface area (Å²) in [6.45, 7) is 10.6. The Balaban J connectivity index is 3.13. The molecule has 15 heavy (non-hydrogen) atoms. The lowest BCUT2D eigenvalue weighted by Crippen LogP contribution is -2.32. The molecule has 1 unspecified atom stereocenters. The van der Waals surface area contributed by atoms with Crippen LogP contribution in [0, 0.1) is 0 Å². The molecule has 0 aliphatic heterocycles. The minimum atomic E-state index is 0.346. The van der Waals surface area contributed by atoms with Gasteiger partial charge in [0, 0.05) is 19.2 Å². The van der Waals surface area contributed by atoms with Crippen LogP contribution in [0.15, 0.2) is 0 Å². The predicted molar refractivity (Wildman–Crippen MR) is 67.3 cm³/mol. The van der Waals surface area contributed by atoms with Crippen LogP contribution in [0.1, 0.15) is 59.8 Å². The van der Waals surface area contributed by atoms with E-state index < -0.39 is 0 Å². The number of hydrogen-bond acceptors (Lipinski definition) is 2. The first-order chi connectivity index (χ1) is 7.16. The van der Waals surface area contributed by atoms with Gasteiger partial charge in [-0.25, -0.2) is 0 Å². The molecule has 0 rings (SSSR count). The maximum atomic E-state index is 5.71. The second-order valence-corrected chi connectivity index (χ2v) is 4.66. The van der Waals surface area contributed by atoms with Crippen LogP contribution >= 0.6 is 0 Å². The van der Waals surface area contributed by atoms with Crippen molar-refractivity contribution in [2.45, 2.75) is 71.9 Å². The fourth-order valence-electron chi connectivity index (χ4n) is 1.45. The zero-order chi connectivity index (χ0) is 11.5. The third kappa shape index (κ3) is 11.8. The van der Waals surface area contributed by atoms with Crippen molar-refractivity contribution in [1.82, 2.24) is 5.32 Å². The van der Waals surface area contributed by atoms with Crippen LogP contribution in [-0.2, 0) is 4.74 Å². The Bertz CT molecular complexity index is 126. The van der Waals surface area contributed by atoms with Gasteiger partial charge in [-0.3, -0.25) is 0 Å². The van der Waals surface area contributed by atoms with E-state index in [4.69, 9.17) is 4.74 Å². The zero-order valence-corrected chi connectivity index (χ0v) is 11.0. The van der Waals surface area contributed by atoms with Crippen molar-refractivity contribution < 1.29 is 4.74 Å². The van der Waals surface area contributed by atoms with Crippen LogP contribution in [0.5, 0.6) is 0 Å². The van der Waals surface area contributed by atoms with Crippen LogP contribution in [0.25, 0.3) is 0 Å². The molecule has 92 valence electrons. The highest BCUT2D eigenvalue weighted by molar-refractivity contribution is 4.58. The molecule has 0 aromatic carbocycles. The van der Waals surface area contributed by atoms with E-state index in [0.717, 1.165) is 13.2 Å². The Kier molecular flexibility index (Phi) is 10.4. The number of rotatable bonds is 10. The number of unbranched alkanes of at least 4 members (excludes halogenated alkanes) is 4. The van der Waals surface area contributed by atoms with E-state index in [2.05, 4.69) is 33.0 Å². The van der Waals surface area contributed by atoms with Crippen LogP contribution < -0.4 is 5.32 Å². The molecule has 0 aliphatic rings. The monoisotopic (exact) mass is 215 g/mol. The van der Waals surface area contributed by atoms with E-state index in [9.17, 15) is 0 Å². The van der Waals surface area contributed by atoms with Crippen molar-refractivity contribution in [2.75, 3.05) is 13.2 Å². The van der Waals surface area contributed by atoms with E-state index in [1.165, 1.54) is 32.1 Å². The molecule has 1 atom stereocenters. The normalized spacial score (nSPS) is 13.4. The second kappa shape index (κ2) is 10.4. The Morgan fingerprint density at radius 2 is 1.67 bits per heavy atom. The molecule has 0 amide bonds. The molecular weight excluding hydrogens is 186 g/mol. The Morgan fingerprint density at radius 3 is 2.27 bits per heavy atom. The van der Waals surface area contributed by atoms with Crippen molar-refractivity contribution in [3.8, 4) is 0 Å². The average Bonchev–Trinajstić information content (AvgIpc) is 2.20. The van der Waals surface area contributed by atoms with Gasteiger partial charge in [0.15, 0.2) is 0 Å². The molecule has 2 heteroatoms. The summed E-state index contributed by atoms with van der Waals surface area (Å²) in [6, 6.07) is 0.556. The Morgan fingerprint density at radius 1 is 1.00 bits per heavy atom. The fourth-order valence-corrected chi connectivity index (χ4v) is 1.45. The first-order valence-electron chi connectivity index (χ1n) is 6.51. The third-order valence-corrected chi connectivity index (χ3v) is 2.46. The first-order valence-corrected chi connectivity index (χ1v) is 6.51. The summed E-state index contributed by atoms with van der Waals surface area (Å²) in [4.78, 5) is 0. The fraction of sp³-hybridized carbons (Fsp3) is 1.00. The van der Waals surface area contributed by atoms with Gasteiger partial charge >= 0.3 is 0 Å². The van der Waals surface area contributed by atoms with Gasteiger partial charge in [-0.2, -0.15) is 0 Å². The van der Waals surface area contributed by atoms with Crippen LogP contribution in [0.4, 0.5) is 0 Å². The number of ether oxygens (including phenoxy) is 1. The molecule has 0 fully saturated rings. The summed E-state index contributed by atoms with van der Waals surface area (Å²) in [7, 11) is 0. The molecule has 0 saturated heterocycles. The minimum Gasteiger partial charge on any atom is -0.377 e. The predicted octanol–water partition coefficient (Wildman–Crippen LogP) is 3.36. The average molecular weight is 215 g/mol. The summed E-state index contributed by atoms with van der Waals surface area (Å²) < 4.78 is 5.71. The Labute approximate surface area is 95.8 Å². The second-order valence-electron chi connectivity index (χ2n) is 4.66. The molecule has 1 N–H and O–H groups in total. The summed E-state index contributed by atoms with van der Waals surface area (Å²) >= 11 is 0. The molecule has 0 aliphatic carbocycles. The van der Waals surface area contributed by atoms with Gasteiger partial charge in [0.05, 0.1) is 6.10 Å². The topological polar surface area (TPSA) is 21.3 Å². The van der Waals surface area contributed by atoms with Crippen LogP contribution in [0.3, 0.4) is 0 Å². The van der Waals surface area contributed by atoms with Crippen molar-refractivity contribution in [3.63, 3.8) is 0 Å². The lowest BCUT2D eigenvalue weighted by atomic mass is 10.2. The van der Waals surface area contributed by atoms with E-state index in [1.54, 1.807) is 0 Å². The minimum absolute atomic E-state index is 0.346. The molecule has 0 saturated carbocycles. The highest BCUT2D eigenvalue weighted by Gasteiger charge is 2.02. The maximum absolute atomic E-state index is 5.71. The summed E-state index contributed by atoms with van der Waals surface area (Å²) in [6.07, 6.45) is 6.92. The van der Waals surface area contributed by atoms with Crippen molar-refractivity contribution in [1.29, 1.82) is 0 Å². The van der Waals surface area contributed by atoms with Gasteiger partial charge in [0.2, 0.25) is 0 Å². The lowest BCUT2D eigenvalue weighted by Gasteiger charge is -2.15. The molecule has 2 nitrogen and oxygen atoms in total. The summed E-state index contributed by atoms with van der Waals surface area (Å²) in [5.41, 5.74) is 0. The smallest absolute Gasteiger partial charge is 0.0671 e. The zero-order valence-electron chi connectivity index (χ0n) is 11.0. The van der Waals surface area contributed by atoms with E-state index in [1.807, 2.05) is 0 Å². The van der Waals surface area contributed by atoms with Crippen LogP contribution in [-0.4, -0.2) is 25.3 Å². The number of nitrogens with one attached hydrogen (secondary N) is 1. The summed E-state index contributed by atoms with van der Waals surface area (Å²) in [5.74, 6) is 0. The Hall–Kier alpha value is -0.0800. The maximum Gasteiger partial charge on any atom is 0.0671 e. The molecule has 0 heterocycles. The van der Waals surface area contributed by atoms with Gasteiger partial charge in [-0.1, -0.05) is 46.5 Å². The molecule has 0 bridgehead atoms. The number of hydrogen-bond donors (Lipinski definition) is 1.